The van der Waals surface area contributed by atoms with Gasteiger partial charge in [0.05, 0.1) is 30.7 Å². The van der Waals surface area contributed by atoms with E-state index in [1.165, 1.54) is 11.3 Å². The molecule has 1 saturated heterocycles. The van der Waals surface area contributed by atoms with Gasteiger partial charge in [0.1, 0.15) is 11.5 Å². The molecule has 1 aliphatic rings. The molecule has 0 aromatic carbocycles. The summed E-state index contributed by atoms with van der Waals surface area (Å²) in [4.78, 5) is 30.7. The Morgan fingerprint density at radius 2 is 2.00 bits per heavy atom. The number of rotatable bonds is 7. The summed E-state index contributed by atoms with van der Waals surface area (Å²) >= 11 is 0. The third kappa shape index (κ3) is 4.49. The van der Waals surface area contributed by atoms with Crippen LogP contribution in [0.1, 0.15) is 35.4 Å². The van der Waals surface area contributed by atoms with Gasteiger partial charge in [-0.2, -0.15) is 0 Å². The highest BCUT2D eigenvalue weighted by molar-refractivity contribution is 5.99. The van der Waals surface area contributed by atoms with Crippen LogP contribution in [0.3, 0.4) is 0 Å². The Kier molecular flexibility index (Phi) is 6.34. The lowest BCUT2D eigenvalue weighted by atomic mass is 10.1. The fraction of sp³-hybridized carbons (Fsp3) is 0.364. The molecule has 0 spiro atoms. The van der Waals surface area contributed by atoms with Crippen molar-refractivity contribution in [3.05, 3.63) is 60.3 Å². The maximum absolute atomic E-state index is 13.4. The Morgan fingerprint density at radius 3 is 2.70 bits per heavy atom. The zero-order chi connectivity index (χ0) is 20.8. The van der Waals surface area contributed by atoms with E-state index in [1.54, 1.807) is 30.8 Å². The van der Waals surface area contributed by atoms with E-state index in [-0.39, 0.29) is 25.6 Å². The van der Waals surface area contributed by atoms with E-state index in [2.05, 4.69) is 14.9 Å². The summed E-state index contributed by atoms with van der Waals surface area (Å²) in [6.07, 6.45) is 8.25. The summed E-state index contributed by atoms with van der Waals surface area (Å²) in [7, 11) is 0. The van der Waals surface area contributed by atoms with Gasteiger partial charge in [0, 0.05) is 32.0 Å². The summed E-state index contributed by atoms with van der Waals surface area (Å²) < 4.78 is 5.38. The topological polar surface area (TPSA) is 95.6 Å². The van der Waals surface area contributed by atoms with E-state index in [1.807, 2.05) is 18.2 Å². The van der Waals surface area contributed by atoms with Gasteiger partial charge in [-0.25, -0.2) is 9.97 Å². The summed E-state index contributed by atoms with van der Waals surface area (Å²) in [5.74, 6) is 0.986. The predicted molar refractivity (Wildman–Crippen MR) is 112 cm³/mol. The molecular formula is C22H25N5O3. The summed E-state index contributed by atoms with van der Waals surface area (Å²) in [5.41, 5.74) is 1.47. The number of aromatic nitrogens is 3. The largest absolute Gasteiger partial charge is 0.467 e. The van der Waals surface area contributed by atoms with Gasteiger partial charge in [0.2, 0.25) is 5.95 Å². The van der Waals surface area contributed by atoms with E-state index >= 15 is 0 Å². The number of anilines is 1. The van der Waals surface area contributed by atoms with Gasteiger partial charge >= 0.3 is 0 Å². The lowest BCUT2D eigenvalue weighted by Crippen LogP contribution is -2.34. The Hall–Kier alpha value is -3.26. The zero-order valence-electron chi connectivity index (χ0n) is 16.8. The van der Waals surface area contributed by atoms with E-state index in [4.69, 9.17) is 9.40 Å². The molecule has 3 aromatic rings. The highest BCUT2D eigenvalue weighted by atomic mass is 16.3. The van der Waals surface area contributed by atoms with E-state index < -0.39 is 0 Å². The smallest absolute Gasteiger partial charge is 0.258 e. The van der Waals surface area contributed by atoms with Crippen molar-refractivity contribution in [3.63, 3.8) is 0 Å². The first-order chi connectivity index (χ1) is 14.8. The van der Waals surface area contributed by atoms with E-state index in [9.17, 15) is 9.90 Å². The number of aliphatic hydroxyl groups is 1. The van der Waals surface area contributed by atoms with Crippen molar-refractivity contribution in [1.82, 2.24) is 19.9 Å². The Labute approximate surface area is 175 Å². The molecule has 1 amide bonds. The number of aliphatic hydroxyl groups excluding tert-OH is 1. The molecule has 4 heterocycles. The van der Waals surface area contributed by atoms with E-state index in [0.717, 1.165) is 25.9 Å². The molecule has 1 fully saturated rings. The number of hydrogen-bond donors (Lipinski definition) is 1. The molecule has 30 heavy (non-hydrogen) atoms. The molecule has 0 bridgehead atoms. The van der Waals surface area contributed by atoms with Crippen LogP contribution >= 0.6 is 0 Å². The lowest BCUT2D eigenvalue weighted by molar-refractivity contribution is 0.0694. The number of pyridine rings is 1. The zero-order valence-corrected chi connectivity index (χ0v) is 16.8. The molecule has 3 aromatic heterocycles. The van der Waals surface area contributed by atoms with Crippen LogP contribution in [-0.2, 0) is 6.54 Å². The van der Waals surface area contributed by atoms with Crippen molar-refractivity contribution in [2.24, 2.45) is 0 Å². The highest BCUT2D eigenvalue weighted by Crippen LogP contribution is 2.25. The predicted octanol–water partition coefficient (Wildman–Crippen LogP) is 2.76. The fourth-order valence-electron chi connectivity index (χ4n) is 3.61. The van der Waals surface area contributed by atoms with Crippen LogP contribution in [0.5, 0.6) is 0 Å². The Morgan fingerprint density at radius 1 is 1.13 bits per heavy atom. The molecule has 0 unspecified atom stereocenters. The number of nitrogens with zero attached hydrogens (tertiary/aromatic N) is 5. The van der Waals surface area contributed by atoms with Crippen molar-refractivity contribution in [2.75, 3.05) is 31.1 Å². The second-order valence-corrected chi connectivity index (χ2v) is 7.22. The van der Waals surface area contributed by atoms with Crippen molar-refractivity contribution < 1.29 is 14.3 Å². The lowest BCUT2D eigenvalue weighted by Gasteiger charge is -2.27. The summed E-state index contributed by atoms with van der Waals surface area (Å²) in [6.45, 7) is 2.09. The Balaban J connectivity index is 1.70. The van der Waals surface area contributed by atoms with Crippen molar-refractivity contribution >= 4 is 11.9 Å². The first-order valence-corrected chi connectivity index (χ1v) is 10.2. The molecule has 1 N–H and O–H groups in total. The van der Waals surface area contributed by atoms with Crippen LogP contribution in [0.2, 0.25) is 0 Å². The molecule has 0 radical (unpaired) electrons. The van der Waals surface area contributed by atoms with Gasteiger partial charge in [-0.1, -0.05) is 6.07 Å². The molecule has 156 valence electrons. The molecular weight excluding hydrogens is 382 g/mol. The molecule has 0 aliphatic carbocycles. The number of amides is 1. The normalized spacial score (nSPS) is 14.0. The van der Waals surface area contributed by atoms with Crippen LogP contribution < -0.4 is 4.90 Å². The maximum Gasteiger partial charge on any atom is 0.258 e. The fourth-order valence-corrected chi connectivity index (χ4v) is 3.61. The number of piperidine rings is 1. The molecule has 0 atom stereocenters. The van der Waals surface area contributed by atoms with Crippen molar-refractivity contribution in [2.45, 2.75) is 25.8 Å². The second-order valence-electron chi connectivity index (χ2n) is 7.22. The SMILES string of the molecule is O=C(c1cnc(N2CCCCC2)nc1-c1ccccn1)N(CCO)Cc1ccco1. The minimum Gasteiger partial charge on any atom is -0.467 e. The number of hydrogen-bond acceptors (Lipinski definition) is 7. The number of carbonyl (C=O) groups is 1. The van der Waals surface area contributed by atoms with Gasteiger partial charge < -0.3 is 19.3 Å². The molecule has 8 heteroatoms. The Bertz CT molecular complexity index is 956. The quantitative estimate of drug-likeness (QED) is 0.643. The monoisotopic (exact) mass is 407 g/mol. The van der Waals surface area contributed by atoms with Gasteiger partial charge in [-0.05, 0) is 43.5 Å². The van der Waals surface area contributed by atoms with Crippen LogP contribution in [0.25, 0.3) is 11.4 Å². The third-order valence-electron chi connectivity index (χ3n) is 5.14. The third-order valence-corrected chi connectivity index (χ3v) is 5.14. The molecule has 0 saturated carbocycles. The average molecular weight is 407 g/mol. The molecule has 4 rings (SSSR count). The summed E-state index contributed by atoms with van der Waals surface area (Å²) in [6, 6.07) is 9.10. The first kappa shape index (κ1) is 20.0. The number of carbonyl (C=O) groups excluding carboxylic acids is 1. The second kappa shape index (κ2) is 9.49. The summed E-state index contributed by atoms with van der Waals surface area (Å²) in [5, 5.41) is 9.49. The van der Waals surface area contributed by atoms with Crippen LogP contribution in [0, 0.1) is 0 Å². The maximum atomic E-state index is 13.4. The minimum atomic E-state index is -0.272. The minimum absolute atomic E-state index is 0.155. The van der Waals surface area contributed by atoms with E-state index in [0.29, 0.717) is 28.7 Å². The number of furan rings is 1. The molecule has 1 aliphatic heterocycles. The van der Waals surface area contributed by atoms with Crippen LogP contribution in [0.4, 0.5) is 5.95 Å². The average Bonchev–Trinajstić information content (AvgIpc) is 3.32. The highest BCUT2D eigenvalue weighted by Gasteiger charge is 2.24. The standard InChI is InChI=1S/C22H25N5O3/c28-13-12-27(16-17-7-6-14-30-17)21(29)18-15-24-22(26-10-4-1-5-11-26)25-20(18)19-8-2-3-9-23-19/h2-3,6-9,14-15,28H,1,4-5,10-13,16H2. The van der Waals surface area contributed by atoms with Gasteiger partial charge in [0.25, 0.3) is 5.91 Å². The molecule has 8 nitrogen and oxygen atoms in total. The van der Waals surface area contributed by atoms with Crippen LogP contribution in [0.15, 0.2) is 53.4 Å². The van der Waals surface area contributed by atoms with Gasteiger partial charge in [0.15, 0.2) is 0 Å². The van der Waals surface area contributed by atoms with Gasteiger partial charge in [-0.3, -0.25) is 9.78 Å². The van der Waals surface area contributed by atoms with Crippen molar-refractivity contribution in [3.8, 4) is 11.4 Å². The van der Waals surface area contributed by atoms with Gasteiger partial charge in [-0.15, -0.1) is 0 Å². The first-order valence-electron chi connectivity index (χ1n) is 10.2. The van der Waals surface area contributed by atoms with Crippen molar-refractivity contribution in [1.29, 1.82) is 0 Å². The van der Waals surface area contributed by atoms with Crippen LogP contribution in [-0.4, -0.2) is 57.1 Å².